The predicted molar refractivity (Wildman–Crippen MR) is 116 cm³/mol. The van der Waals surface area contributed by atoms with Crippen molar-refractivity contribution in [2.24, 2.45) is 10.7 Å². The van der Waals surface area contributed by atoms with Crippen LogP contribution in [0.3, 0.4) is 0 Å². The molecule has 6 heteroatoms. The molecule has 0 saturated carbocycles. The van der Waals surface area contributed by atoms with Crippen molar-refractivity contribution in [1.82, 2.24) is 4.98 Å². The van der Waals surface area contributed by atoms with E-state index in [4.69, 9.17) is 10.7 Å². The number of anilines is 2. The highest BCUT2D eigenvalue weighted by Gasteiger charge is 2.17. The summed E-state index contributed by atoms with van der Waals surface area (Å²) in [5.74, 6) is 1.48. The summed E-state index contributed by atoms with van der Waals surface area (Å²) in [5, 5.41) is 3.13. The smallest absolute Gasteiger partial charge is 0.193 e. The Bertz CT molecular complexity index is 721. The average molecular weight is 451 g/mol. The first kappa shape index (κ1) is 19.5. The highest BCUT2D eigenvalue weighted by atomic mass is 127. The fourth-order valence-corrected chi connectivity index (χ4v) is 2.89. The fourth-order valence-electron chi connectivity index (χ4n) is 2.89. The van der Waals surface area contributed by atoms with E-state index in [1.54, 1.807) is 0 Å². The second-order valence-corrected chi connectivity index (χ2v) is 6.32. The Morgan fingerprint density at radius 3 is 2.48 bits per heavy atom. The third-order valence-corrected chi connectivity index (χ3v) is 4.24. The third kappa shape index (κ3) is 5.32. The van der Waals surface area contributed by atoms with Crippen molar-refractivity contribution in [3.8, 4) is 0 Å². The van der Waals surface area contributed by atoms with Gasteiger partial charge in [-0.3, -0.25) is 0 Å². The van der Waals surface area contributed by atoms with Crippen molar-refractivity contribution < 1.29 is 0 Å². The molecule has 0 unspecified atom stereocenters. The van der Waals surface area contributed by atoms with Gasteiger partial charge in [0.05, 0.1) is 6.54 Å². The second kappa shape index (κ2) is 9.03. The summed E-state index contributed by atoms with van der Waals surface area (Å²) >= 11 is 0. The van der Waals surface area contributed by atoms with Crippen LogP contribution in [0.25, 0.3) is 0 Å². The largest absolute Gasteiger partial charge is 0.370 e. The Labute approximate surface area is 166 Å². The topological polar surface area (TPSA) is 66.5 Å². The van der Waals surface area contributed by atoms with Crippen LogP contribution < -0.4 is 16.0 Å². The second-order valence-electron chi connectivity index (χ2n) is 6.32. The van der Waals surface area contributed by atoms with Crippen LogP contribution >= 0.6 is 24.0 Å². The first-order chi connectivity index (χ1) is 11.6. The first-order valence-electron chi connectivity index (χ1n) is 8.47. The molecular weight excluding hydrogens is 425 g/mol. The molecule has 1 aromatic heterocycles. The molecule has 3 rings (SSSR count). The molecule has 0 radical (unpaired) electrons. The molecule has 2 aromatic rings. The van der Waals surface area contributed by atoms with Crippen molar-refractivity contribution in [3.05, 3.63) is 53.2 Å². The van der Waals surface area contributed by atoms with Crippen LogP contribution in [0.15, 0.2) is 41.4 Å². The maximum atomic E-state index is 6.03. The molecule has 1 aliphatic heterocycles. The summed E-state index contributed by atoms with van der Waals surface area (Å²) in [6.45, 7) is 6.77. The molecule has 1 aliphatic rings. The van der Waals surface area contributed by atoms with Gasteiger partial charge in [-0.2, -0.15) is 0 Å². The molecule has 134 valence electrons. The van der Waals surface area contributed by atoms with Gasteiger partial charge in [-0.1, -0.05) is 23.8 Å². The minimum atomic E-state index is 0. The van der Waals surface area contributed by atoms with E-state index in [0.717, 1.165) is 35.9 Å². The van der Waals surface area contributed by atoms with Gasteiger partial charge in [-0.15, -0.1) is 24.0 Å². The Hall–Kier alpha value is -1.83. The van der Waals surface area contributed by atoms with Gasteiger partial charge in [0.1, 0.15) is 5.82 Å². The Balaban J connectivity index is 0.00000225. The molecule has 0 spiro atoms. The quantitative estimate of drug-likeness (QED) is 0.421. The molecule has 0 bridgehead atoms. The number of guanidine groups is 1. The molecule has 5 nitrogen and oxygen atoms in total. The number of nitrogens with zero attached hydrogens (tertiary/aromatic N) is 3. The van der Waals surface area contributed by atoms with E-state index in [1.165, 1.54) is 18.4 Å². The fraction of sp³-hybridized carbons (Fsp3) is 0.368. The van der Waals surface area contributed by atoms with Crippen molar-refractivity contribution in [2.45, 2.75) is 33.2 Å². The van der Waals surface area contributed by atoms with E-state index in [2.05, 4.69) is 28.2 Å². The van der Waals surface area contributed by atoms with E-state index in [0.29, 0.717) is 12.5 Å². The zero-order chi connectivity index (χ0) is 16.9. The lowest BCUT2D eigenvalue weighted by atomic mass is 10.2. The van der Waals surface area contributed by atoms with Crippen LogP contribution in [0.5, 0.6) is 0 Å². The van der Waals surface area contributed by atoms with E-state index in [9.17, 15) is 0 Å². The van der Waals surface area contributed by atoms with Gasteiger partial charge < -0.3 is 16.0 Å². The minimum absolute atomic E-state index is 0. The van der Waals surface area contributed by atoms with Crippen LogP contribution in [-0.2, 0) is 6.54 Å². The monoisotopic (exact) mass is 451 g/mol. The Kier molecular flexibility index (Phi) is 7.04. The number of hydrogen-bond acceptors (Lipinski definition) is 3. The van der Waals surface area contributed by atoms with Crippen LogP contribution in [0, 0.1) is 13.8 Å². The van der Waals surface area contributed by atoms with Crippen LogP contribution in [0.1, 0.15) is 29.7 Å². The van der Waals surface area contributed by atoms with Crippen molar-refractivity contribution in [2.75, 3.05) is 23.3 Å². The lowest BCUT2D eigenvalue weighted by molar-refractivity contribution is 0.898. The van der Waals surface area contributed by atoms with E-state index in [-0.39, 0.29) is 24.0 Å². The van der Waals surface area contributed by atoms with Crippen molar-refractivity contribution >= 4 is 41.4 Å². The molecule has 0 amide bonds. The van der Waals surface area contributed by atoms with Gasteiger partial charge in [0, 0.05) is 30.0 Å². The predicted octanol–water partition coefficient (Wildman–Crippen LogP) is 3.84. The van der Waals surface area contributed by atoms with E-state index in [1.807, 2.05) is 37.3 Å². The summed E-state index contributed by atoms with van der Waals surface area (Å²) in [5.41, 5.74) is 10.4. The van der Waals surface area contributed by atoms with Gasteiger partial charge in [0.15, 0.2) is 5.96 Å². The third-order valence-electron chi connectivity index (χ3n) is 4.24. The highest BCUT2D eigenvalue weighted by molar-refractivity contribution is 14.0. The normalized spacial score (nSPS) is 14.3. The minimum Gasteiger partial charge on any atom is -0.370 e. The molecular formula is C19H26IN5. The lowest BCUT2D eigenvalue weighted by Gasteiger charge is -2.20. The highest BCUT2D eigenvalue weighted by Crippen LogP contribution is 2.23. The van der Waals surface area contributed by atoms with Crippen LogP contribution in [0.4, 0.5) is 11.5 Å². The SMILES string of the molecule is Cc1ccc(NC(N)=NCc2ccc(C)nc2N2CCCC2)cc1.I. The zero-order valence-electron chi connectivity index (χ0n) is 14.8. The zero-order valence-corrected chi connectivity index (χ0v) is 17.2. The molecule has 0 aliphatic carbocycles. The summed E-state index contributed by atoms with van der Waals surface area (Å²) in [4.78, 5) is 11.6. The van der Waals surface area contributed by atoms with E-state index < -0.39 is 0 Å². The van der Waals surface area contributed by atoms with E-state index >= 15 is 0 Å². The molecule has 1 aromatic carbocycles. The van der Waals surface area contributed by atoms with Gasteiger partial charge in [0.25, 0.3) is 0 Å². The number of pyridine rings is 1. The maximum Gasteiger partial charge on any atom is 0.193 e. The molecule has 25 heavy (non-hydrogen) atoms. The number of nitrogens with one attached hydrogen (secondary N) is 1. The van der Waals surface area contributed by atoms with Crippen molar-refractivity contribution in [3.63, 3.8) is 0 Å². The summed E-state index contributed by atoms with van der Waals surface area (Å²) < 4.78 is 0. The number of rotatable bonds is 4. The molecule has 0 atom stereocenters. The van der Waals surface area contributed by atoms with Crippen LogP contribution in [-0.4, -0.2) is 24.0 Å². The number of benzene rings is 1. The summed E-state index contributed by atoms with van der Waals surface area (Å²) in [6, 6.07) is 12.2. The molecule has 2 heterocycles. The molecule has 1 fully saturated rings. The summed E-state index contributed by atoms with van der Waals surface area (Å²) in [7, 11) is 0. The first-order valence-corrected chi connectivity index (χ1v) is 8.47. The Morgan fingerprint density at radius 1 is 1.12 bits per heavy atom. The number of aliphatic imine (C=N–C) groups is 1. The number of halogens is 1. The number of hydrogen-bond donors (Lipinski definition) is 2. The number of nitrogens with two attached hydrogens (primary N) is 1. The standard InChI is InChI=1S/C19H25N5.HI/c1-14-5-9-17(10-6-14)23-19(20)21-13-16-8-7-15(2)22-18(16)24-11-3-4-12-24;/h5-10H,3-4,11-13H2,1-2H3,(H3,20,21,23);1H. The van der Waals surface area contributed by atoms with Gasteiger partial charge in [0.2, 0.25) is 0 Å². The summed E-state index contributed by atoms with van der Waals surface area (Å²) in [6.07, 6.45) is 2.46. The van der Waals surface area contributed by atoms with Gasteiger partial charge in [-0.25, -0.2) is 9.98 Å². The van der Waals surface area contributed by atoms with Crippen LogP contribution in [0.2, 0.25) is 0 Å². The lowest BCUT2D eigenvalue weighted by Crippen LogP contribution is -2.23. The maximum absolute atomic E-state index is 6.03. The molecule has 3 N–H and O–H groups in total. The Morgan fingerprint density at radius 2 is 1.80 bits per heavy atom. The number of aryl methyl sites for hydroxylation is 2. The van der Waals surface area contributed by atoms with Gasteiger partial charge >= 0.3 is 0 Å². The number of aromatic nitrogens is 1. The van der Waals surface area contributed by atoms with Gasteiger partial charge in [-0.05, 0) is 44.9 Å². The average Bonchev–Trinajstić information content (AvgIpc) is 3.10. The van der Waals surface area contributed by atoms with Crippen molar-refractivity contribution in [1.29, 1.82) is 0 Å². The molecule has 1 saturated heterocycles.